The Morgan fingerprint density at radius 2 is 1.76 bits per heavy atom. The van der Waals surface area contributed by atoms with Crippen LogP contribution in [0.5, 0.6) is 0 Å². The lowest BCUT2D eigenvalue weighted by atomic mass is 10.2. The molecule has 0 aliphatic heterocycles. The number of benzene rings is 1. The van der Waals surface area contributed by atoms with Gasteiger partial charge in [0.15, 0.2) is 0 Å². The standard InChI is InChI=1S/C12H18N2O.C2H6/c1-14(2)10-6-9-12(15)13-11-7-4-3-5-8-11;1-2/h3-5,7-8H,6,9-10H2,1-2H3,(H,13,15);1-2H3. The molecule has 0 aromatic heterocycles. The minimum absolute atomic E-state index is 0.0862. The highest BCUT2D eigenvalue weighted by molar-refractivity contribution is 5.90. The third-order valence-electron chi connectivity index (χ3n) is 2.07. The number of carbonyl (C=O) groups excluding carboxylic acids is 1. The maximum Gasteiger partial charge on any atom is 0.224 e. The summed E-state index contributed by atoms with van der Waals surface area (Å²) in [4.78, 5) is 13.5. The molecule has 1 aromatic carbocycles. The van der Waals surface area contributed by atoms with E-state index in [9.17, 15) is 4.79 Å². The summed E-state index contributed by atoms with van der Waals surface area (Å²) < 4.78 is 0. The molecule has 1 amide bonds. The van der Waals surface area contributed by atoms with Crippen molar-refractivity contribution in [3.05, 3.63) is 30.3 Å². The second-order valence-corrected chi connectivity index (χ2v) is 3.82. The predicted octanol–water partition coefficient (Wildman–Crippen LogP) is 2.99. The monoisotopic (exact) mass is 236 g/mol. The third-order valence-corrected chi connectivity index (χ3v) is 2.07. The molecule has 0 fully saturated rings. The van der Waals surface area contributed by atoms with Crippen LogP contribution < -0.4 is 5.32 Å². The van der Waals surface area contributed by atoms with Crippen molar-refractivity contribution < 1.29 is 4.79 Å². The van der Waals surface area contributed by atoms with Gasteiger partial charge in [-0.2, -0.15) is 0 Å². The van der Waals surface area contributed by atoms with Crippen molar-refractivity contribution in [1.29, 1.82) is 0 Å². The zero-order valence-corrected chi connectivity index (χ0v) is 11.4. The van der Waals surface area contributed by atoms with E-state index in [4.69, 9.17) is 0 Å². The lowest BCUT2D eigenvalue weighted by Gasteiger charge is -2.09. The van der Waals surface area contributed by atoms with Crippen molar-refractivity contribution in [2.45, 2.75) is 26.7 Å². The van der Waals surface area contributed by atoms with Gasteiger partial charge in [-0.1, -0.05) is 32.0 Å². The van der Waals surface area contributed by atoms with Gasteiger partial charge < -0.3 is 10.2 Å². The van der Waals surface area contributed by atoms with Gasteiger partial charge in [0.1, 0.15) is 0 Å². The fourth-order valence-corrected chi connectivity index (χ4v) is 1.30. The van der Waals surface area contributed by atoms with E-state index in [1.54, 1.807) is 0 Å². The Kier molecular flexibility index (Phi) is 9.06. The molecule has 0 aliphatic rings. The van der Waals surface area contributed by atoms with Crippen LogP contribution in [0.1, 0.15) is 26.7 Å². The van der Waals surface area contributed by atoms with Crippen molar-refractivity contribution >= 4 is 11.6 Å². The Morgan fingerprint density at radius 3 is 2.29 bits per heavy atom. The van der Waals surface area contributed by atoms with E-state index in [0.717, 1.165) is 18.7 Å². The van der Waals surface area contributed by atoms with Gasteiger partial charge in [0.05, 0.1) is 0 Å². The fourth-order valence-electron chi connectivity index (χ4n) is 1.30. The van der Waals surface area contributed by atoms with E-state index >= 15 is 0 Å². The van der Waals surface area contributed by atoms with Gasteiger partial charge in [-0.25, -0.2) is 0 Å². The third kappa shape index (κ3) is 8.46. The minimum atomic E-state index is 0.0862. The lowest BCUT2D eigenvalue weighted by Crippen LogP contribution is -2.17. The summed E-state index contributed by atoms with van der Waals surface area (Å²) in [5.74, 6) is 0.0862. The maximum atomic E-state index is 11.5. The molecule has 3 heteroatoms. The van der Waals surface area contributed by atoms with Crippen LogP contribution in [0.15, 0.2) is 30.3 Å². The van der Waals surface area contributed by atoms with E-state index in [1.165, 1.54) is 0 Å². The summed E-state index contributed by atoms with van der Waals surface area (Å²) in [5.41, 5.74) is 0.868. The molecule has 17 heavy (non-hydrogen) atoms. The average Bonchev–Trinajstić information content (AvgIpc) is 2.32. The van der Waals surface area contributed by atoms with Crippen molar-refractivity contribution in [3.63, 3.8) is 0 Å². The number of amides is 1. The summed E-state index contributed by atoms with van der Waals surface area (Å²) in [6.45, 7) is 4.95. The molecule has 1 rings (SSSR count). The highest BCUT2D eigenvalue weighted by atomic mass is 16.1. The van der Waals surface area contributed by atoms with Gasteiger partial charge in [-0.15, -0.1) is 0 Å². The van der Waals surface area contributed by atoms with Crippen LogP contribution in [-0.2, 0) is 4.79 Å². The van der Waals surface area contributed by atoms with Gasteiger partial charge in [-0.05, 0) is 39.2 Å². The minimum Gasteiger partial charge on any atom is -0.326 e. The van der Waals surface area contributed by atoms with Crippen LogP contribution in [0.2, 0.25) is 0 Å². The molecule has 0 unspecified atom stereocenters. The average molecular weight is 236 g/mol. The normalized spacial score (nSPS) is 9.47. The molecule has 0 heterocycles. The summed E-state index contributed by atoms with van der Waals surface area (Å²) in [7, 11) is 4.02. The molecular formula is C14H24N2O. The summed E-state index contributed by atoms with van der Waals surface area (Å²) in [6.07, 6.45) is 1.47. The summed E-state index contributed by atoms with van der Waals surface area (Å²) in [5, 5.41) is 2.86. The Bertz CT molecular complexity index is 296. The molecule has 3 nitrogen and oxygen atoms in total. The van der Waals surface area contributed by atoms with E-state index in [-0.39, 0.29) is 5.91 Å². The Labute approximate surface area is 105 Å². The van der Waals surface area contributed by atoms with Gasteiger partial charge in [0, 0.05) is 12.1 Å². The Hall–Kier alpha value is -1.35. The maximum absolute atomic E-state index is 11.5. The van der Waals surface area contributed by atoms with Crippen molar-refractivity contribution in [1.82, 2.24) is 4.90 Å². The van der Waals surface area contributed by atoms with Crippen molar-refractivity contribution in [3.8, 4) is 0 Å². The smallest absolute Gasteiger partial charge is 0.224 e. The molecule has 0 bridgehead atoms. The molecule has 1 aromatic rings. The van der Waals surface area contributed by atoms with Gasteiger partial charge in [0.2, 0.25) is 5.91 Å². The van der Waals surface area contributed by atoms with Gasteiger partial charge >= 0.3 is 0 Å². The molecule has 0 saturated carbocycles. The first kappa shape index (κ1) is 15.7. The summed E-state index contributed by atoms with van der Waals surface area (Å²) in [6, 6.07) is 9.54. The second kappa shape index (κ2) is 9.85. The number of nitrogens with zero attached hydrogens (tertiary/aromatic N) is 1. The van der Waals surface area contributed by atoms with Crippen LogP contribution >= 0.6 is 0 Å². The molecule has 0 atom stereocenters. The zero-order valence-electron chi connectivity index (χ0n) is 11.4. The predicted molar refractivity (Wildman–Crippen MR) is 74.2 cm³/mol. The molecule has 0 aliphatic carbocycles. The molecule has 1 N–H and O–H groups in total. The first-order valence-corrected chi connectivity index (χ1v) is 6.18. The topological polar surface area (TPSA) is 32.3 Å². The largest absolute Gasteiger partial charge is 0.326 e. The van der Waals surface area contributed by atoms with E-state index < -0.39 is 0 Å². The fraction of sp³-hybridized carbons (Fsp3) is 0.500. The van der Waals surface area contributed by atoms with Crippen LogP contribution in [0.4, 0.5) is 5.69 Å². The SMILES string of the molecule is CC.CN(C)CCCC(=O)Nc1ccccc1. The number of carbonyl (C=O) groups is 1. The van der Waals surface area contributed by atoms with Crippen molar-refractivity contribution in [2.75, 3.05) is 26.0 Å². The second-order valence-electron chi connectivity index (χ2n) is 3.82. The Balaban J connectivity index is 0.00000121. The van der Waals surface area contributed by atoms with Gasteiger partial charge in [0.25, 0.3) is 0 Å². The molecule has 0 radical (unpaired) electrons. The van der Waals surface area contributed by atoms with Crippen LogP contribution in [0.3, 0.4) is 0 Å². The molecule has 96 valence electrons. The first-order chi connectivity index (χ1) is 8.18. The van der Waals surface area contributed by atoms with E-state index in [2.05, 4.69) is 10.2 Å². The number of hydrogen-bond acceptors (Lipinski definition) is 2. The van der Waals surface area contributed by atoms with E-state index in [1.807, 2.05) is 58.3 Å². The number of hydrogen-bond donors (Lipinski definition) is 1. The van der Waals surface area contributed by atoms with Gasteiger partial charge in [-0.3, -0.25) is 4.79 Å². The quantitative estimate of drug-likeness (QED) is 0.852. The van der Waals surface area contributed by atoms with Crippen LogP contribution in [-0.4, -0.2) is 31.4 Å². The molecular weight excluding hydrogens is 212 g/mol. The highest BCUT2D eigenvalue weighted by Gasteiger charge is 2.01. The lowest BCUT2D eigenvalue weighted by molar-refractivity contribution is -0.116. The molecule has 0 spiro atoms. The Morgan fingerprint density at radius 1 is 1.18 bits per heavy atom. The number of rotatable bonds is 5. The zero-order chi connectivity index (χ0) is 13.1. The van der Waals surface area contributed by atoms with Crippen LogP contribution in [0.25, 0.3) is 0 Å². The van der Waals surface area contributed by atoms with Crippen molar-refractivity contribution in [2.24, 2.45) is 0 Å². The van der Waals surface area contributed by atoms with E-state index in [0.29, 0.717) is 6.42 Å². The first-order valence-electron chi connectivity index (χ1n) is 6.18. The molecule has 0 saturated heterocycles. The highest BCUT2D eigenvalue weighted by Crippen LogP contribution is 2.05. The van der Waals surface area contributed by atoms with Crippen LogP contribution in [0, 0.1) is 0 Å². The number of anilines is 1. The number of nitrogens with one attached hydrogen (secondary N) is 1. The number of para-hydroxylation sites is 1. The summed E-state index contributed by atoms with van der Waals surface area (Å²) >= 11 is 0.